The Hall–Kier alpha value is -2.41. The molecule has 0 bridgehead atoms. The number of aromatic carboxylic acids is 1. The Morgan fingerprint density at radius 2 is 2.11 bits per heavy atom. The fourth-order valence-electron chi connectivity index (χ4n) is 1.57. The van der Waals surface area contributed by atoms with Crippen molar-refractivity contribution in [2.75, 3.05) is 11.9 Å². The van der Waals surface area contributed by atoms with Crippen molar-refractivity contribution in [3.8, 4) is 5.75 Å². The predicted molar refractivity (Wildman–Crippen MR) is 64.3 cm³/mol. The molecule has 1 aromatic rings. The van der Waals surface area contributed by atoms with Gasteiger partial charge in [0, 0.05) is 18.0 Å². The zero-order valence-electron chi connectivity index (χ0n) is 9.34. The third kappa shape index (κ3) is 2.83. The minimum absolute atomic E-state index is 0.00769. The molecule has 0 amide bonds. The minimum atomic E-state index is -1.11. The molecule has 0 radical (unpaired) electrons. The van der Waals surface area contributed by atoms with E-state index in [1.54, 1.807) is 0 Å². The summed E-state index contributed by atoms with van der Waals surface area (Å²) in [5.74, 6) is -1.07. The summed E-state index contributed by atoms with van der Waals surface area (Å²) < 4.78 is 0. The van der Waals surface area contributed by atoms with E-state index in [2.05, 4.69) is 16.0 Å². The summed E-state index contributed by atoms with van der Waals surface area (Å²) in [4.78, 5) is 10.8. The second-order valence-corrected chi connectivity index (χ2v) is 3.83. The van der Waals surface area contributed by atoms with E-state index in [9.17, 15) is 9.90 Å². The molecule has 1 aliphatic heterocycles. The summed E-state index contributed by atoms with van der Waals surface area (Å²) in [6.45, 7) is 0.301. The number of carboxylic acids is 1. The maximum atomic E-state index is 10.8. The maximum absolute atomic E-state index is 10.8. The van der Waals surface area contributed by atoms with Gasteiger partial charge in [-0.1, -0.05) is 0 Å². The molecule has 1 unspecified atom stereocenters. The summed E-state index contributed by atoms with van der Waals surface area (Å²) in [6, 6.07) is 3.98. The molecule has 1 heterocycles. The number of phenols is 1. The van der Waals surface area contributed by atoms with Gasteiger partial charge in [-0.05, 0) is 12.1 Å². The van der Waals surface area contributed by atoms with Crippen LogP contribution < -0.4 is 16.0 Å². The van der Waals surface area contributed by atoms with Crippen LogP contribution in [0.3, 0.4) is 0 Å². The predicted octanol–water partition coefficient (Wildman–Crippen LogP) is 0.378. The zero-order chi connectivity index (χ0) is 13.1. The number of anilines is 1. The van der Waals surface area contributed by atoms with Gasteiger partial charge in [0.2, 0.25) is 0 Å². The second-order valence-electron chi connectivity index (χ2n) is 3.83. The highest BCUT2D eigenvalue weighted by Gasteiger charge is 2.13. The summed E-state index contributed by atoms with van der Waals surface area (Å²) in [7, 11) is 0. The summed E-state index contributed by atoms with van der Waals surface area (Å²) in [5, 5.41) is 36.1. The molecule has 7 heteroatoms. The van der Waals surface area contributed by atoms with Crippen LogP contribution in [0.2, 0.25) is 0 Å². The smallest absolute Gasteiger partial charge is 0.335 e. The van der Waals surface area contributed by atoms with Crippen molar-refractivity contribution in [1.82, 2.24) is 10.6 Å². The molecule has 0 aliphatic carbocycles. The summed E-state index contributed by atoms with van der Waals surface area (Å²) in [5.41, 5.74) is 0.443. The van der Waals surface area contributed by atoms with Gasteiger partial charge in [-0.2, -0.15) is 0 Å². The van der Waals surface area contributed by atoms with Gasteiger partial charge in [0.25, 0.3) is 0 Å². The number of hydrogen-bond acceptors (Lipinski definition) is 6. The minimum Gasteiger partial charge on any atom is -0.509 e. The molecule has 1 aliphatic rings. The van der Waals surface area contributed by atoms with Crippen molar-refractivity contribution in [2.45, 2.75) is 6.29 Å². The lowest BCUT2D eigenvalue weighted by Crippen LogP contribution is -2.49. The summed E-state index contributed by atoms with van der Waals surface area (Å²) in [6.07, 6.45) is 1.08. The normalized spacial score (nSPS) is 18.7. The Kier molecular flexibility index (Phi) is 3.24. The van der Waals surface area contributed by atoms with E-state index in [-0.39, 0.29) is 23.4 Å². The van der Waals surface area contributed by atoms with E-state index in [1.165, 1.54) is 24.4 Å². The first-order valence-corrected chi connectivity index (χ1v) is 5.26. The van der Waals surface area contributed by atoms with E-state index >= 15 is 0 Å². The van der Waals surface area contributed by atoms with Crippen molar-refractivity contribution in [3.63, 3.8) is 0 Å². The van der Waals surface area contributed by atoms with Crippen molar-refractivity contribution in [3.05, 3.63) is 35.7 Å². The topological polar surface area (TPSA) is 114 Å². The molecule has 7 nitrogen and oxygen atoms in total. The largest absolute Gasteiger partial charge is 0.509 e. The van der Waals surface area contributed by atoms with Gasteiger partial charge in [-0.25, -0.2) is 4.79 Å². The highest BCUT2D eigenvalue weighted by Crippen LogP contribution is 2.20. The standard InChI is InChI=1S/C11H13N3O4/c15-8-2-6(10(17)18)1-7(3-8)14-11-12-4-9(16)5-13-11/h1-4,11-16H,5H2,(H,17,18). The van der Waals surface area contributed by atoms with Crippen molar-refractivity contribution in [2.24, 2.45) is 0 Å². The van der Waals surface area contributed by atoms with E-state index in [0.29, 0.717) is 12.2 Å². The van der Waals surface area contributed by atoms with Crippen LogP contribution in [-0.2, 0) is 0 Å². The fraction of sp³-hybridized carbons (Fsp3) is 0.182. The first-order chi connectivity index (χ1) is 8.54. The third-order valence-electron chi connectivity index (χ3n) is 2.38. The number of carbonyl (C=O) groups is 1. The average molecular weight is 251 g/mol. The second kappa shape index (κ2) is 4.84. The zero-order valence-corrected chi connectivity index (χ0v) is 9.34. The highest BCUT2D eigenvalue weighted by atomic mass is 16.4. The number of hydrogen-bond donors (Lipinski definition) is 6. The lowest BCUT2D eigenvalue weighted by Gasteiger charge is -2.25. The average Bonchev–Trinajstić information content (AvgIpc) is 2.31. The van der Waals surface area contributed by atoms with Crippen molar-refractivity contribution >= 4 is 11.7 Å². The Morgan fingerprint density at radius 1 is 1.33 bits per heavy atom. The molecule has 18 heavy (non-hydrogen) atoms. The Morgan fingerprint density at radius 3 is 2.72 bits per heavy atom. The number of phenolic OH excluding ortho intramolecular Hbond substituents is 1. The molecular formula is C11H13N3O4. The number of aliphatic hydroxyl groups is 1. The number of nitrogens with one attached hydrogen (secondary N) is 3. The lowest BCUT2D eigenvalue weighted by atomic mass is 10.2. The van der Waals surface area contributed by atoms with E-state index in [1.807, 2.05) is 0 Å². The summed E-state index contributed by atoms with van der Waals surface area (Å²) >= 11 is 0. The number of carboxylic acid groups (broad SMARTS) is 1. The Bertz CT molecular complexity index is 501. The molecule has 2 rings (SSSR count). The molecule has 1 atom stereocenters. The molecular weight excluding hydrogens is 238 g/mol. The monoisotopic (exact) mass is 251 g/mol. The molecule has 0 saturated carbocycles. The molecule has 0 spiro atoms. The van der Waals surface area contributed by atoms with Crippen LogP contribution in [0, 0.1) is 0 Å². The van der Waals surface area contributed by atoms with Gasteiger partial charge in [0.05, 0.1) is 12.1 Å². The fourth-order valence-corrected chi connectivity index (χ4v) is 1.57. The molecule has 1 aromatic carbocycles. The van der Waals surface area contributed by atoms with Gasteiger partial charge in [-0.3, -0.25) is 5.32 Å². The maximum Gasteiger partial charge on any atom is 0.335 e. The van der Waals surface area contributed by atoms with Crippen LogP contribution in [0.25, 0.3) is 0 Å². The van der Waals surface area contributed by atoms with Crippen LogP contribution in [0.1, 0.15) is 10.4 Å². The number of aromatic hydroxyl groups is 1. The first kappa shape index (κ1) is 12.1. The van der Waals surface area contributed by atoms with Crippen LogP contribution in [-0.4, -0.2) is 34.1 Å². The van der Waals surface area contributed by atoms with Crippen LogP contribution in [0.15, 0.2) is 30.2 Å². The highest BCUT2D eigenvalue weighted by molar-refractivity contribution is 5.89. The Balaban J connectivity index is 2.12. The van der Waals surface area contributed by atoms with E-state index in [0.717, 1.165) is 0 Å². The SMILES string of the molecule is O=C(O)c1cc(O)cc(NC2NC=C(O)CN2)c1. The molecule has 6 N–H and O–H groups in total. The first-order valence-electron chi connectivity index (χ1n) is 5.26. The van der Waals surface area contributed by atoms with Crippen LogP contribution in [0.5, 0.6) is 5.75 Å². The van der Waals surface area contributed by atoms with E-state index < -0.39 is 5.97 Å². The Labute approximate surface area is 103 Å². The number of rotatable bonds is 3. The van der Waals surface area contributed by atoms with Gasteiger partial charge in [0.1, 0.15) is 11.5 Å². The quantitative estimate of drug-likeness (QED) is 0.460. The van der Waals surface area contributed by atoms with Gasteiger partial charge in [0.15, 0.2) is 6.29 Å². The van der Waals surface area contributed by atoms with Crippen molar-refractivity contribution < 1.29 is 20.1 Å². The van der Waals surface area contributed by atoms with E-state index in [4.69, 9.17) is 10.2 Å². The van der Waals surface area contributed by atoms with Gasteiger partial charge >= 0.3 is 5.97 Å². The molecule has 0 fully saturated rings. The van der Waals surface area contributed by atoms with Crippen molar-refractivity contribution in [1.29, 1.82) is 0 Å². The number of benzene rings is 1. The van der Waals surface area contributed by atoms with Crippen LogP contribution in [0.4, 0.5) is 5.69 Å². The molecule has 0 saturated heterocycles. The lowest BCUT2D eigenvalue weighted by molar-refractivity contribution is 0.0696. The van der Waals surface area contributed by atoms with Gasteiger partial charge < -0.3 is 26.0 Å². The third-order valence-corrected chi connectivity index (χ3v) is 2.38. The van der Waals surface area contributed by atoms with Gasteiger partial charge in [-0.15, -0.1) is 0 Å². The molecule has 0 aromatic heterocycles. The molecule has 96 valence electrons. The number of aliphatic hydroxyl groups excluding tert-OH is 1. The van der Waals surface area contributed by atoms with Crippen LogP contribution >= 0.6 is 0 Å².